The maximum absolute atomic E-state index is 13.7. The Morgan fingerprint density at radius 2 is 1.73 bits per heavy atom. The smallest absolute Gasteiger partial charge is 0.273 e. The number of aromatic nitrogens is 2. The van der Waals surface area contributed by atoms with Crippen molar-refractivity contribution in [2.75, 3.05) is 19.6 Å². The van der Waals surface area contributed by atoms with Crippen LogP contribution in [0.4, 0.5) is 0 Å². The fraction of sp³-hybridized carbons (Fsp3) is 0.500. The number of oxazole rings is 1. The van der Waals surface area contributed by atoms with Crippen LogP contribution in [0.15, 0.2) is 46.4 Å². The van der Waals surface area contributed by atoms with E-state index in [-0.39, 0.29) is 71.4 Å². The Morgan fingerprint density at radius 1 is 1.02 bits per heavy atom. The second-order valence-electron chi connectivity index (χ2n) is 13.0. The van der Waals surface area contributed by atoms with Gasteiger partial charge in [0, 0.05) is 30.8 Å². The molecular weight excluding hydrogens is 580 g/mol. The zero-order valence-corrected chi connectivity index (χ0v) is 26.8. The molecule has 0 radical (unpaired) electrons. The molecular formula is C32H40N6O5S. The average Bonchev–Trinajstić information content (AvgIpc) is 3.49. The van der Waals surface area contributed by atoms with Crippen LogP contribution in [0.3, 0.4) is 0 Å². The first-order valence-electron chi connectivity index (χ1n) is 14.9. The molecule has 0 unspecified atom stereocenters. The predicted molar refractivity (Wildman–Crippen MR) is 165 cm³/mol. The molecule has 1 aromatic carbocycles. The van der Waals surface area contributed by atoms with Gasteiger partial charge in [-0.1, -0.05) is 71.9 Å². The van der Waals surface area contributed by atoms with Gasteiger partial charge in [0.05, 0.1) is 12.6 Å². The summed E-state index contributed by atoms with van der Waals surface area (Å²) in [6.07, 6.45) is 1.63. The molecule has 12 heteroatoms. The summed E-state index contributed by atoms with van der Waals surface area (Å²) in [7, 11) is 0. The van der Waals surface area contributed by atoms with E-state index in [4.69, 9.17) is 4.42 Å². The Kier molecular flexibility index (Phi) is 8.66. The summed E-state index contributed by atoms with van der Waals surface area (Å²) in [5.74, 6) is -1.49. The van der Waals surface area contributed by atoms with Crippen molar-refractivity contribution in [3.05, 3.63) is 69.8 Å². The Hall–Kier alpha value is -4.06. The number of carbonyl (C=O) groups is 4. The largest absolute Gasteiger partial charge is 0.446 e. The Bertz CT molecular complexity index is 1530. The van der Waals surface area contributed by atoms with Crippen molar-refractivity contribution in [1.82, 2.24) is 30.8 Å². The number of carbonyl (C=O) groups excluding carboxylic acids is 4. The topological polar surface area (TPSA) is 147 Å². The monoisotopic (exact) mass is 620 g/mol. The Balaban J connectivity index is 1.46. The van der Waals surface area contributed by atoms with Gasteiger partial charge in [0.25, 0.3) is 11.8 Å². The number of fused-ring (bicyclic) bond motifs is 4. The number of hydrogen-bond acceptors (Lipinski definition) is 8. The summed E-state index contributed by atoms with van der Waals surface area (Å²) < 4.78 is 5.70. The van der Waals surface area contributed by atoms with E-state index in [0.717, 1.165) is 5.56 Å². The molecule has 5 rings (SSSR count). The first kappa shape index (κ1) is 31.4. The van der Waals surface area contributed by atoms with Crippen LogP contribution in [0.1, 0.15) is 91.1 Å². The minimum Gasteiger partial charge on any atom is -0.446 e. The van der Waals surface area contributed by atoms with Crippen LogP contribution in [-0.4, -0.2) is 58.1 Å². The molecule has 0 spiro atoms. The Morgan fingerprint density at radius 3 is 2.39 bits per heavy atom. The van der Waals surface area contributed by atoms with Gasteiger partial charge in [-0.15, -0.1) is 11.3 Å². The van der Waals surface area contributed by atoms with Gasteiger partial charge in [-0.3, -0.25) is 19.2 Å². The van der Waals surface area contributed by atoms with Gasteiger partial charge in [0.2, 0.25) is 17.7 Å². The number of nitrogens with one attached hydrogen (secondary N) is 3. The molecule has 2 aliphatic rings. The van der Waals surface area contributed by atoms with Gasteiger partial charge >= 0.3 is 0 Å². The molecule has 1 aliphatic carbocycles. The summed E-state index contributed by atoms with van der Waals surface area (Å²) in [5.41, 5.74) is 0.744. The van der Waals surface area contributed by atoms with E-state index in [1.165, 1.54) is 22.5 Å². The first-order chi connectivity index (χ1) is 20.8. The highest BCUT2D eigenvalue weighted by Gasteiger charge is 2.68. The van der Waals surface area contributed by atoms with Gasteiger partial charge in [0.1, 0.15) is 23.0 Å². The van der Waals surface area contributed by atoms with E-state index in [1.807, 2.05) is 44.2 Å². The summed E-state index contributed by atoms with van der Waals surface area (Å²) in [5, 5.41) is 11.0. The van der Waals surface area contributed by atoms with E-state index in [2.05, 4.69) is 53.6 Å². The van der Waals surface area contributed by atoms with Crippen molar-refractivity contribution in [3.8, 4) is 0 Å². The van der Waals surface area contributed by atoms with Crippen molar-refractivity contribution in [2.45, 2.75) is 60.0 Å². The molecule has 0 saturated heterocycles. The standard InChI is InChI=1S/C32H40N6O5S/c1-18(2)24-29-36-22(17-44-29)27(41)34-20(14-19-10-8-7-9-11-19)28-35-21(16-43-28)26(40)33-12-13-38(15-23(39)37-24)30(42)25-31(3,4)32(25,5)6/h7-11,16-18,20,24-25H,12-15H2,1-6H3,(H,33,40)(H,34,41)(H,37,39)/t20-,24-/m0/s1. The predicted octanol–water partition coefficient (Wildman–Crippen LogP) is 3.91. The second-order valence-corrected chi connectivity index (χ2v) is 13.9. The quantitative estimate of drug-likeness (QED) is 0.401. The van der Waals surface area contributed by atoms with Crippen molar-refractivity contribution in [1.29, 1.82) is 0 Å². The van der Waals surface area contributed by atoms with Crippen LogP contribution < -0.4 is 16.0 Å². The molecule has 4 bridgehead atoms. The molecule has 1 aliphatic heterocycles. The maximum Gasteiger partial charge on any atom is 0.273 e. The van der Waals surface area contributed by atoms with Gasteiger partial charge in [-0.25, -0.2) is 9.97 Å². The maximum atomic E-state index is 13.7. The molecule has 3 heterocycles. The van der Waals surface area contributed by atoms with Crippen LogP contribution in [-0.2, 0) is 16.0 Å². The van der Waals surface area contributed by atoms with E-state index in [9.17, 15) is 19.2 Å². The van der Waals surface area contributed by atoms with Crippen LogP contribution in [0, 0.1) is 22.7 Å². The lowest BCUT2D eigenvalue weighted by Crippen LogP contribution is -2.46. The summed E-state index contributed by atoms with van der Waals surface area (Å²) in [4.78, 5) is 64.1. The zero-order valence-electron chi connectivity index (χ0n) is 26.0. The van der Waals surface area contributed by atoms with E-state index in [0.29, 0.717) is 11.4 Å². The number of benzene rings is 1. The Labute approximate surface area is 261 Å². The molecule has 3 aromatic rings. The average molecular weight is 621 g/mol. The summed E-state index contributed by atoms with van der Waals surface area (Å²) in [6.45, 7) is 12.2. The molecule has 1 fully saturated rings. The molecule has 1 saturated carbocycles. The number of nitrogens with zero attached hydrogens (tertiary/aromatic N) is 3. The molecule has 2 atom stereocenters. The van der Waals surface area contributed by atoms with Gasteiger partial charge < -0.3 is 25.3 Å². The van der Waals surface area contributed by atoms with E-state index < -0.39 is 23.9 Å². The third-order valence-electron chi connectivity index (χ3n) is 9.23. The fourth-order valence-electron chi connectivity index (χ4n) is 5.93. The van der Waals surface area contributed by atoms with Crippen molar-refractivity contribution in [2.24, 2.45) is 22.7 Å². The third-order valence-corrected chi connectivity index (χ3v) is 10.2. The summed E-state index contributed by atoms with van der Waals surface area (Å²) in [6, 6.07) is 8.44. The molecule has 234 valence electrons. The lowest BCUT2D eigenvalue weighted by Gasteiger charge is -2.26. The lowest BCUT2D eigenvalue weighted by molar-refractivity contribution is -0.138. The van der Waals surface area contributed by atoms with Crippen molar-refractivity contribution < 1.29 is 23.6 Å². The van der Waals surface area contributed by atoms with Gasteiger partial charge in [-0.2, -0.15) is 0 Å². The SMILES string of the molecule is CC(C)[C@@H]1NC(=O)CN(C(=O)C2C(C)(C)C2(C)C)CCNC(=O)c2coc(n2)[C@H](Cc2ccccc2)NC(=O)c2csc1n2. The number of rotatable bonds is 4. The van der Waals surface area contributed by atoms with Gasteiger partial charge in [-0.05, 0) is 22.3 Å². The first-order valence-corrected chi connectivity index (χ1v) is 15.8. The zero-order chi connectivity index (χ0) is 31.8. The van der Waals surface area contributed by atoms with Crippen molar-refractivity contribution in [3.63, 3.8) is 0 Å². The lowest BCUT2D eigenvalue weighted by atomic mass is 10.0. The molecule has 44 heavy (non-hydrogen) atoms. The molecule has 4 amide bonds. The van der Waals surface area contributed by atoms with Crippen LogP contribution >= 0.6 is 11.3 Å². The van der Waals surface area contributed by atoms with E-state index >= 15 is 0 Å². The highest BCUT2D eigenvalue weighted by Crippen LogP contribution is 2.68. The van der Waals surface area contributed by atoms with Crippen LogP contribution in [0.5, 0.6) is 0 Å². The number of hydrogen-bond donors (Lipinski definition) is 3. The van der Waals surface area contributed by atoms with E-state index in [1.54, 1.807) is 5.38 Å². The highest BCUT2D eigenvalue weighted by atomic mass is 32.1. The highest BCUT2D eigenvalue weighted by molar-refractivity contribution is 7.09. The fourth-order valence-corrected chi connectivity index (χ4v) is 6.95. The van der Waals surface area contributed by atoms with Crippen molar-refractivity contribution >= 4 is 35.0 Å². The second kappa shape index (κ2) is 12.1. The molecule has 3 N–H and O–H groups in total. The number of amides is 4. The van der Waals surface area contributed by atoms with Crippen LogP contribution in [0.2, 0.25) is 0 Å². The van der Waals surface area contributed by atoms with Gasteiger partial charge in [0.15, 0.2) is 5.69 Å². The molecule has 11 nitrogen and oxygen atoms in total. The minimum atomic E-state index is -0.672. The summed E-state index contributed by atoms with van der Waals surface area (Å²) >= 11 is 1.29. The number of thiazole rings is 1. The minimum absolute atomic E-state index is 0.0343. The van der Waals surface area contributed by atoms with Crippen LogP contribution in [0.25, 0.3) is 0 Å². The third kappa shape index (κ3) is 6.26. The molecule has 2 aromatic heterocycles. The normalized spacial score (nSPS) is 22.4.